The molecule has 2 bridgehead atoms. The van der Waals surface area contributed by atoms with Crippen molar-refractivity contribution in [1.29, 1.82) is 0 Å². The van der Waals surface area contributed by atoms with Crippen molar-refractivity contribution in [3.63, 3.8) is 0 Å². The predicted octanol–water partition coefficient (Wildman–Crippen LogP) is 3.98. The summed E-state index contributed by atoms with van der Waals surface area (Å²) in [5, 5.41) is 0. The van der Waals surface area contributed by atoms with Gasteiger partial charge >= 0.3 is 0 Å². The first-order valence-corrected chi connectivity index (χ1v) is 13.4. The highest BCUT2D eigenvalue weighted by molar-refractivity contribution is 5.95. The Hall–Kier alpha value is -4.11. The summed E-state index contributed by atoms with van der Waals surface area (Å²) in [6, 6.07) is 15.3. The second-order valence-electron chi connectivity index (χ2n) is 10.7. The average Bonchev–Trinajstić information content (AvgIpc) is 3.30. The second kappa shape index (κ2) is 10.2. The van der Waals surface area contributed by atoms with Crippen LogP contribution in [0.5, 0.6) is 5.88 Å². The van der Waals surface area contributed by atoms with E-state index in [9.17, 15) is 9.59 Å². The number of rotatable bonds is 6. The summed E-state index contributed by atoms with van der Waals surface area (Å²) < 4.78 is 7.27. The number of piperazine rings is 1. The fourth-order valence-corrected chi connectivity index (χ4v) is 5.88. The molecule has 1 aromatic carbocycles. The fraction of sp³-hybridized carbons (Fsp3) is 0.367. The van der Waals surface area contributed by atoms with Crippen LogP contribution >= 0.6 is 0 Å². The van der Waals surface area contributed by atoms with Gasteiger partial charge in [-0.15, -0.1) is 0 Å². The molecule has 9 nitrogen and oxygen atoms in total. The first-order chi connectivity index (χ1) is 18.9. The van der Waals surface area contributed by atoms with Crippen molar-refractivity contribution in [3.8, 4) is 17.1 Å². The van der Waals surface area contributed by atoms with Gasteiger partial charge in [0.1, 0.15) is 11.5 Å². The molecule has 2 fully saturated rings. The minimum absolute atomic E-state index is 0.152. The zero-order valence-corrected chi connectivity index (χ0v) is 22.4. The predicted molar refractivity (Wildman–Crippen MR) is 147 cm³/mol. The standard InChI is InChI=1S/C30H32N6O3/c1-19(2)20-8-10-21(11-9-20)28-26(35-13-5-12-31-30(35)33-28)18-34-16-22-14-24(37)15-23(17-34)36(22)29(38)25-6-4-7-27(32-25)39-3/h4-13,19,22-23H,14-18H2,1-3H3. The summed E-state index contributed by atoms with van der Waals surface area (Å²) in [7, 11) is 1.53. The molecule has 2 saturated heterocycles. The van der Waals surface area contributed by atoms with E-state index >= 15 is 0 Å². The molecule has 9 heteroatoms. The molecule has 4 aromatic rings. The van der Waals surface area contributed by atoms with Crippen LogP contribution in [0.3, 0.4) is 0 Å². The van der Waals surface area contributed by atoms with Crippen LogP contribution in [0.25, 0.3) is 17.0 Å². The number of fused-ring (bicyclic) bond motifs is 3. The molecule has 0 N–H and O–H groups in total. The van der Waals surface area contributed by atoms with E-state index in [1.54, 1.807) is 24.4 Å². The maximum Gasteiger partial charge on any atom is 0.273 e. The van der Waals surface area contributed by atoms with Crippen LogP contribution in [0.4, 0.5) is 0 Å². The molecule has 2 aliphatic heterocycles. The van der Waals surface area contributed by atoms with E-state index in [-0.39, 0.29) is 23.8 Å². The summed E-state index contributed by atoms with van der Waals surface area (Å²) >= 11 is 0. The van der Waals surface area contributed by atoms with Crippen molar-refractivity contribution in [1.82, 2.24) is 29.2 Å². The minimum atomic E-state index is -0.211. The molecule has 200 valence electrons. The smallest absolute Gasteiger partial charge is 0.273 e. The Balaban J connectivity index is 1.30. The highest BCUT2D eigenvalue weighted by Gasteiger charge is 2.44. The van der Waals surface area contributed by atoms with Crippen LogP contribution in [0.2, 0.25) is 0 Å². The molecule has 2 aliphatic rings. The molecular weight excluding hydrogens is 492 g/mol. The quantitative estimate of drug-likeness (QED) is 0.377. The van der Waals surface area contributed by atoms with Crippen LogP contribution in [0.1, 0.15) is 54.4 Å². The highest BCUT2D eigenvalue weighted by atomic mass is 16.5. The molecule has 0 radical (unpaired) electrons. The number of aromatic nitrogens is 4. The third kappa shape index (κ3) is 4.78. The Bertz CT molecular complexity index is 1510. The van der Waals surface area contributed by atoms with Crippen molar-refractivity contribution < 1.29 is 14.3 Å². The van der Waals surface area contributed by atoms with Crippen LogP contribution in [0, 0.1) is 0 Å². The molecular formula is C30H32N6O3. The van der Waals surface area contributed by atoms with Gasteiger partial charge in [0.15, 0.2) is 0 Å². The Morgan fingerprint density at radius 1 is 1.03 bits per heavy atom. The third-order valence-corrected chi connectivity index (χ3v) is 7.76. The number of ether oxygens (including phenoxy) is 1. The van der Waals surface area contributed by atoms with E-state index in [0.717, 1.165) is 17.0 Å². The number of pyridine rings is 1. The lowest BCUT2D eigenvalue weighted by atomic mass is 9.89. The first kappa shape index (κ1) is 25.2. The van der Waals surface area contributed by atoms with E-state index in [4.69, 9.17) is 9.72 Å². The summed E-state index contributed by atoms with van der Waals surface area (Å²) in [6.45, 7) is 6.19. The zero-order valence-electron chi connectivity index (χ0n) is 22.4. The summed E-state index contributed by atoms with van der Waals surface area (Å²) in [4.78, 5) is 44.1. The first-order valence-electron chi connectivity index (χ1n) is 13.4. The SMILES string of the molecule is COc1cccc(C(=O)N2C3CC(=O)CC2CN(Cc2c(-c4ccc(C(C)C)cc4)nc4ncccn24)C3)n1. The van der Waals surface area contributed by atoms with Crippen LogP contribution in [-0.4, -0.2) is 73.1 Å². The number of hydrogen-bond acceptors (Lipinski definition) is 7. The molecule has 3 aromatic heterocycles. The molecule has 6 rings (SSSR count). The van der Waals surface area contributed by atoms with Crippen molar-refractivity contribution >= 4 is 17.5 Å². The van der Waals surface area contributed by atoms with Gasteiger partial charge in [0.25, 0.3) is 5.91 Å². The second-order valence-corrected chi connectivity index (χ2v) is 10.7. The Kier molecular flexibility index (Phi) is 6.60. The number of amides is 1. The number of piperidine rings is 1. The molecule has 2 atom stereocenters. The van der Waals surface area contributed by atoms with Gasteiger partial charge in [0.05, 0.1) is 30.6 Å². The lowest BCUT2D eigenvalue weighted by Gasteiger charge is -2.49. The van der Waals surface area contributed by atoms with Crippen LogP contribution in [0.15, 0.2) is 60.9 Å². The summed E-state index contributed by atoms with van der Waals surface area (Å²) in [5.74, 6) is 1.56. The maximum atomic E-state index is 13.6. The minimum Gasteiger partial charge on any atom is -0.481 e. The van der Waals surface area contributed by atoms with Gasteiger partial charge in [-0.2, -0.15) is 0 Å². The Labute approximate surface area is 227 Å². The van der Waals surface area contributed by atoms with Gasteiger partial charge in [-0.25, -0.2) is 15.0 Å². The third-order valence-electron chi connectivity index (χ3n) is 7.76. The number of carbonyl (C=O) groups is 2. The van der Waals surface area contributed by atoms with Crippen LogP contribution in [-0.2, 0) is 11.3 Å². The normalized spacial score (nSPS) is 19.6. The van der Waals surface area contributed by atoms with Crippen molar-refractivity contribution in [3.05, 3.63) is 77.9 Å². The number of imidazole rings is 1. The highest BCUT2D eigenvalue weighted by Crippen LogP contribution is 2.32. The van der Waals surface area contributed by atoms with Crippen molar-refractivity contribution in [2.24, 2.45) is 0 Å². The number of benzene rings is 1. The number of likely N-dealkylation sites (tertiary alicyclic amines) is 1. The van der Waals surface area contributed by atoms with E-state index in [1.165, 1.54) is 12.7 Å². The van der Waals surface area contributed by atoms with Gasteiger partial charge in [0, 0.05) is 56.5 Å². The van der Waals surface area contributed by atoms with Gasteiger partial charge in [-0.1, -0.05) is 44.2 Å². The monoisotopic (exact) mass is 524 g/mol. The number of methoxy groups -OCH3 is 1. The molecule has 2 unspecified atom stereocenters. The Morgan fingerprint density at radius 2 is 1.77 bits per heavy atom. The average molecular weight is 525 g/mol. The largest absolute Gasteiger partial charge is 0.481 e. The van der Waals surface area contributed by atoms with Gasteiger partial charge in [-0.05, 0) is 23.6 Å². The molecule has 0 spiro atoms. The molecule has 39 heavy (non-hydrogen) atoms. The van der Waals surface area contributed by atoms with Crippen LogP contribution < -0.4 is 4.74 Å². The number of hydrogen-bond donors (Lipinski definition) is 0. The fourth-order valence-electron chi connectivity index (χ4n) is 5.88. The topological polar surface area (TPSA) is 92.9 Å². The van der Waals surface area contributed by atoms with Crippen molar-refractivity contribution in [2.45, 2.75) is 51.2 Å². The molecule has 1 amide bonds. The van der Waals surface area contributed by atoms with E-state index in [2.05, 4.69) is 53.0 Å². The Morgan fingerprint density at radius 3 is 2.46 bits per heavy atom. The molecule has 0 saturated carbocycles. The van der Waals surface area contributed by atoms with Gasteiger partial charge in [0.2, 0.25) is 11.7 Å². The van der Waals surface area contributed by atoms with E-state index in [0.29, 0.717) is 55.7 Å². The zero-order chi connectivity index (χ0) is 27.1. The summed E-state index contributed by atoms with van der Waals surface area (Å²) in [5.41, 5.74) is 4.63. The number of Topliss-reactive ketones (excluding diaryl/α,β-unsaturated/α-hetero) is 1. The molecule has 0 aliphatic carbocycles. The number of ketones is 1. The lowest BCUT2D eigenvalue weighted by Crippen LogP contribution is -2.64. The maximum absolute atomic E-state index is 13.6. The number of nitrogens with zero attached hydrogens (tertiary/aromatic N) is 6. The molecule has 5 heterocycles. The number of carbonyl (C=O) groups excluding carboxylic acids is 2. The van der Waals surface area contributed by atoms with Crippen molar-refractivity contribution in [2.75, 3.05) is 20.2 Å². The van der Waals surface area contributed by atoms with Gasteiger partial charge < -0.3 is 9.64 Å². The summed E-state index contributed by atoms with van der Waals surface area (Å²) in [6.07, 6.45) is 4.45. The van der Waals surface area contributed by atoms with E-state index < -0.39 is 0 Å². The van der Waals surface area contributed by atoms with Gasteiger partial charge in [-0.3, -0.25) is 18.9 Å². The lowest BCUT2D eigenvalue weighted by molar-refractivity contribution is -0.127. The van der Waals surface area contributed by atoms with E-state index in [1.807, 2.05) is 21.6 Å².